The van der Waals surface area contributed by atoms with Crippen molar-refractivity contribution in [2.45, 2.75) is 53.4 Å². The highest BCUT2D eigenvalue weighted by atomic mass is 35.5. The fraction of sp³-hybridized carbons (Fsp3) is 0.480. The van der Waals surface area contributed by atoms with Gasteiger partial charge in [0.2, 0.25) is 0 Å². The number of benzene rings is 1. The molecule has 0 aromatic heterocycles. The number of fused-ring (bicyclic) bond motifs is 1. The monoisotopic (exact) mass is 460 g/mol. The average molecular weight is 461 g/mol. The summed E-state index contributed by atoms with van der Waals surface area (Å²) in [5.41, 5.74) is 3.38. The van der Waals surface area contributed by atoms with Gasteiger partial charge in [0.1, 0.15) is 0 Å². The first kappa shape index (κ1) is 25.7. The molecule has 0 saturated carbocycles. The van der Waals surface area contributed by atoms with Crippen molar-refractivity contribution in [3.05, 3.63) is 57.6 Å². The first-order valence-electron chi connectivity index (χ1n) is 11.1. The van der Waals surface area contributed by atoms with Crippen LogP contribution in [0.5, 0.6) is 0 Å². The molecule has 1 aromatic carbocycles. The topological polar surface area (TPSA) is 68.2 Å². The number of amides is 1. The zero-order valence-electron chi connectivity index (χ0n) is 19.4. The van der Waals surface area contributed by atoms with Gasteiger partial charge in [0.25, 0.3) is 5.91 Å². The van der Waals surface area contributed by atoms with Crippen molar-refractivity contribution in [1.29, 1.82) is 0 Å². The Balaban J connectivity index is 2.39. The van der Waals surface area contributed by atoms with Gasteiger partial charge in [-0.25, -0.2) is 4.79 Å². The summed E-state index contributed by atoms with van der Waals surface area (Å²) in [5.74, 6) is -0.520. The zero-order valence-corrected chi connectivity index (χ0v) is 20.2. The number of rotatable bonds is 5. The van der Waals surface area contributed by atoms with Gasteiger partial charge in [-0.2, -0.15) is 0 Å². The van der Waals surface area contributed by atoms with Crippen LogP contribution in [0.15, 0.2) is 35.5 Å². The lowest BCUT2D eigenvalue weighted by atomic mass is 9.94. The van der Waals surface area contributed by atoms with Gasteiger partial charge in [0.05, 0.1) is 17.9 Å². The number of esters is 1. The second-order valence-corrected chi connectivity index (χ2v) is 8.03. The Bertz CT molecular complexity index is 902. The molecule has 0 atom stereocenters. The van der Waals surface area contributed by atoms with Gasteiger partial charge in [-0.15, -0.1) is 0 Å². The molecule has 1 aliphatic rings. The van der Waals surface area contributed by atoms with Gasteiger partial charge in [-0.3, -0.25) is 4.79 Å². The van der Waals surface area contributed by atoms with Crippen LogP contribution in [0.1, 0.15) is 60.2 Å². The van der Waals surface area contributed by atoms with E-state index in [1.807, 2.05) is 52.0 Å². The lowest BCUT2D eigenvalue weighted by Crippen LogP contribution is -2.33. The molecule has 0 bridgehead atoms. The summed E-state index contributed by atoms with van der Waals surface area (Å²) in [6, 6.07) is 1.89. The molecule has 7 heteroatoms. The Labute approximate surface area is 195 Å². The molecule has 32 heavy (non-hydrogen) atoms. The number of ether oxygens (including phenoxy) is 1. The van der Waals surface area contributed by atoms with Crippen LogP contribution in [-0.4, -0.2) is 48.8 Å². The molecule has 0 saturated heterocycles. The Kier molecular flexibility index (Phi) is 10.5. The Morgan fingerprint density at radius 3 is 2.53 bits per heavy atom. The number of allylic oxidation sites excluding steroid dienone is 3. The smallest absolute Gasteiger partial charge is 0.338 e. The number of nitrogens with zero attached hydrogens (tertiary/aromatic N) is 2. The molecule has 0 radical (unpaired) electrons. The largest absolute Gasteiger partial charge is 0.462 e. The summed E-state index contributed by atoms with van der Waals surface area (Å²) in [4.78, 5) is 32.2. The van der Waals surface area contributed by atoms with Crippen molar-refractivity contribution in [2.75, 3.05) is 26.3 Å². The van der Waals surface area contributed by atoms with Crippen molar-refractivity contribution >= 4 is 29.2 Å². The minimum atomic E-state index is -0.397. The molecule has 1 amide bonds. The van der Waals surface area contributed by atoms with E-state index in [1.54, 1.807) is 4.90 Å². The molecule has 0 spiro atoms. The first-order valence-corrected chi connectivity index (χ1v) is 11.5. The van der Waals surface area contributed by atoms with Crippen LogP contribution in [-0.2, 0) is 20.8 Å². The Hall–Kier alpha value is -2.60. The molecular weight excluding hydrogens is 428 g/mol. The van der Waals surface area contributed by atoms with E-state index < -0.39 is 5.97 Å². The molecule has 1 heterocycles. The minimum absolute atomic E-state index is 0.122. The number of halogens is 1. The number of carbonyl (C=O) groups excluding carboxylic acids is 2. The van der Waals surface area contributed by atoms with Gasteiger partial charge < -0.3 is 14.5 Å². The second kappa shape index (κ2) is 13.1. The standard InChI is InChI=1S/C25H33ClN2O4/c1-5-28(6-2)22(29)17-32-27-20-13-11-9-7-8-10-12-14-31-25(30)23-18(3)15-19(4)24(26)21(23)16-20/h8,10-11,13,15H,5-7,9,12,14,16-17H2,1-4H3/b10-8+,13-11+,27-20-. The Morgan fingerprint density at radius 2 is 1.81 bits per heavy atom. The third-order valence-electron chi connectivity index (χ3n) is 5.28. The van der Waals surface area contributed by atoms with E-state index in [-0.39, 0.29) is 18.9 Å². The molecule has 0 N–H and O–H groups in total. The quantitative estimate of drug-likeness (QED) is 0.344. The predicted molar refractivity (Wildman–Crippen MR) is 128 cm³/mol. The van der Waals surface area contributed by atoms with Crippen LogP contribution < -0.4 is 0 Å². The van der Waals surface area contributed by atoms with E-state index in [2.05, 4.69) is 11.2 Å². The van der Waals surface area contributed by atoms with Crippen LogP contribution in [0.3, 0.4) is 0 Å². The number of hydrogen-bond donors (Lipinski definition) is 0. The summed E-state index contributed by atoms with van der Waals surface area (Å²) >= 11 is 6.63. The van der Waals surface area contributed by atoms with Crippen molar-refractivity contribution in [3.63, 3.8) is 0 Å². The van der Waals surface area contributed by atoms with Crippen molar-refractivity contribution < 1.29 is 19.2 Å². The van der Waals surface area contributed by atoms with Gasteiger partial charge in [-0.1, -0.05) is 41.1 Å². The molecule has 0 aliphatic carbocycles. The van der Waals surface area contributed by atoms with Crippen molar-refractivity contribution in [2.24, 2.45) is 5.16 Å². The van der Waals surface area contributed by atoms with Crippen LogP contribution in [0.25, 0.3) is 0 Å². The maximum atomic E-state index is 12.9. The normalized spacial score (nSPS) is 18.3. The maximum Gasteiger partial charge on any atom is 0.338 e. The van der Waals surface area contributed by atoms with Crippen LogP contribution in [0.4, 0.5) is 0 Å². The minimum Gasteiger partial charge on any atom is -0.462 e. The molecule has 0 fully saturated rings. The van der Waals surface area contributed by atoms with Crippen LogP contribution in [0, 0.1) is 13.8 Å². The molecule has 174 valence electrons. The highest BCUT2D eigenvalue weighted by Crippen LogP contribution is 2.29. The second-order valence-electron chi connectivity index (χ2n) is 7.65. The fourth-order valence-corrected chi connectivity index (χ4v) is 3.79. The summed E-state index contributed by atoms with van der Waals surface area (Å²) in [6.07, 6.45) is 10.6. The summed E-state index contributed by atoms with van der Waals surface area (Å²) in [7, 11) is 0. The fourth-order valence-electron chi connectivity index (χ4n) is 3.58. The van der Waals surface area contributed by atoms with E-state index in [1.165, 1.54) is 0 Å². The van der Waals surface area contributed by atoms with Crippen molar-refractivity contribution in [3.8, 4) is 0 Å². The van der Waals surface area contributed by atoms with Gasteiger partial charge in [-0.05, 0) is 69.7 Å². The molecular formula is C25H33ClN2O4. The molecule has 0 unspecified atom stereocenters. The Morgan fingerprint density at radius 1 is 1.12 bits per heavy atom. The lowest BCUT2D eigenvalue weighted by molar-refractivity contribution is -0.135. The van der Waals surface area contributed by atoms with E-state index >= 15 is 0 Å². The number of cyclic esters (lactones) is 1. The lowest BCUT2D eigenvalue weighted by Gasteiger charge is -2.18. The van der Waals surface area contributed by atoms with E-state index in [4.69, 9.17) is 21.2 Å². The number of likely N-dealkylation sites (N-methyl/N-ethyl adjacent to an activating group) is 1. The first-order chi connectivity index (χ1) is 15.4. The maximum absolute atomic E-state index is 12.9. The number of carbonyl (C=O) groups is 2. The van der Waals surface area contributed by atoms with E-state index in [0.717, 1.165) is 24.0 Å². The molecule has 1 aromatic rings. The summed E-state index contributed by atoms with van der Waals surface area (Å²) in [6.45, 7) is 9.03. The van der Waals surface area contributed by atoms with E-state index in [0.29, 0.717) is 48.0 Å². The summed E-state index contributed by atoms with van der Waals surface area (Å²) in [5, 5.41) is 4.73. The zero-order chi connectivity index (χ0) is 23.5. The highest BCUT2D eigenvalue weighted by molar-refractivity contribution is 6.33. The number of hydrogen-bond acceptors (Lipinski definition) is 5. The van der Waals surface area contributed by atoms with Crippen LogP contribution >= 0.6 is 11.6 Å². The summed E-state index contributed by atoms with van der Waals surface area (Å²) < 4.78 is 5.50. The molecule has 2 rings (SSSR count). The third-order valence-corrected chi connectivity index (χ3v) is 5.81. The van der Waals surface area contributed by atoms with Gasteiger partial charge in [0, 0.05) is 24.5 Å². The van der Waals surface area contributed by atoms with Gasteiger partial charge in [0.15, 0.2) is 6.61 Å². The van der Waals surface area contributed by atoms with Crippen molar-refractivity contribution in [1.82, 2.24) is 4.90 Å². The predicted octanol–water partition coefficient (Wildman–Crippen LogP) is 5.19. The number of aryl methyl sites for hydroxylation is 2. The number of oxime groups is 1. The SMILES string of the molecule is CCN(CC)C(=O)CO/N=C1/C=C/CC/C=C/CCOC(=O)c2c(C)cc(C)c(Cl)c2C1. The molecule has 1 aliphatic heterocycles. The molecule has 6 nitrogen and oxygen atoms in total. The average Bonchev–Trinajstić information content (AvgIpc) is 2.76. The third kappa shape index (κ3) is 7.23. The van der Waals surface area contributed by atoms with Gasteiger partial charge >= 0.3 is 5.97 Å². The van der Waals surface area contributed by atoms with E-state index in [9.17, 15) is 9.59 Å². The van der Waals surface area contributed by atoms with Crippen LogP contribution in [0.2, 0.25) is 5.02 Å². The highest BCUT2D eigenvalue weighted by Gasteiger charge is 2.22.